The average Bonchev–Trinajstić information content (AvgIpc) is 0.842. The molecule has 2 saturated carbocycles. The standard InChI is InChI=1S/C60H111N5O19.C7H18NO4P.C2H6.CH4/c1-40-45(35-43(37-66)56(77)53(40)74)81-32-14-8-5-11-27-61-49(70)21-24-60(65-52(73)20-17-19-48(69)64-30-18-31-80-4,25-22-50(71)62-28-12-6-9-15-33-82-46-36-44(38-67)57(78)54(75)41(46)2)26-23-51(72)63-29-13-7-10-16-34-83-59-42(3)55(76)58(79)47(39-68)84-59;1-11-13(9,10)12-7-5-3-2-4-6-8;1-2;/h40-47,53-59,66-68,74-79H,5-39H2,1-4H3,(H,61,70)(H,62,71)(H,63,72)(H,64,69)(H,65,73);2-8H2,1H3,(H,9,10);1-2H3;1H4. The van der Waals surface area contributed by atoms with Crippen LogP contribution in [-0.2, 0) is 61.3 Å². The summed E-state index contributed by atoms with van der Waals surface area (Å²) in [7, 11) is -1.02. The smallest absolute Gasteiger partial charge is 0.396 e. The lowest BCUT2D eigenvalue weighted by Gasteiger charge is -2.40. The Bertz CT molecular complexity index is 1980. The number of unbranched alkanes of at least 4 members (excludes halogenated alkanes) is 12. The second kappa shape index (κ2) is 58.1. The van der Waals surface area contributed by atoms with Crippen LogP contribution < -0.4 is 32.3 Å². The van der Waals surface area contributed by atoms with E-state index >= 15 is 0 Å². The number of aliphatic hydroxyl groups excluding tert-OH is 9. The number of methoxy groups -OCH3 is 1. The summed E-state index contributed by atoms with van der Waals surface area (Å²) < 4.78 is 48.2. The van der Waals surface area contributed by atoms with Crippen LogP contribution in [0.2, 0.25) is 0 Å². The third kappa shape index (κ3) is 40.9. The van der Waals surface area contributed by atoms with Gasteiger partial charge in [0.05, 0.1) is 55.9 Å². The van der Waals surface area contributed by atoms with Gasteiger partial charge in [0.2, 0.25) is 29.5 Å². The lowest BCUT2D eigenvalue weighted by Crippen LogP contribution is -2.55. The van der Waals surface area contributed by atoms with Gasteiger partial charge >= 0.3 is 7.82 Å². The van der Waals surface area contributed by atoms with Crippen molar-refractivity contribution >= 4 is 37.4 Å². The van der Waals surface area contributed by atoms with E-state index in [1.54, 1.807) is 14.0 Å². The molecule has 5 amide bonds. The molecule has 100 heavy (non-hydrogen) atoms. The predicted octanol–water partition coefficient (Wildman–Crippen LogP) is 4.07. The third-order valence-corrected chi connectivity index (χ3v) is 19.9. The number of nitrogens with one attached hydrogen (secondary N) is 5. The zero-order valence-corrected chi connectivity index (χ0v) is 61.8. The first-order valence-corrected chi connectivity index (χ1v) is 38.4. The fourth-order valence-corrected chi connectivity index (χ4v) is 12.7. The van der Waals surface area contributed by atoms with Crippen LogP contribution in [0.1, 0.15) is 222 Å². The van der Waals surface area contributed by atoms with Crippen LogP contribution in [0, 0.1) is 29.6 Å². The Morgan fingerprint density at radius 3 is 1.26 bits per heavy atom. The minimum atomic E-state index is -3.75. The summed E-state index contributed by atoms with van der Waals surface area (Å²) in [6.45, 7) is 12.8. The topological polar surface area (TPSA) is 456 Å². The van der Waals surface area contributed by atoms with E-state index < -0.39 is 86.7 Å². The van der Waals surface area contributed by atoms with Crippen molar-refractivity contribution in [2.75, 3.05) is 99.8 Å². The van der Waals surface area contributed by atoms with Crippen molar-refractivity contribution in [1.29, 1.82) is 0 Å². The molecule has 0 radical (unpaired) electrons. The molecule has 3 fully saturated rings. The van der Waals surface area contributed by atoms with Crippen LogP contribution in [0.3, 0.4) is 0 Å². The Kier molecular flexibility index (Phi) is 56.3. The Balaban J connectivity index is 0.00000547. The number of ether oxygens (including phenoxy) is 5. The SMILES string of the molecule is C.CC.COCCCNC(=O)CCCC(=O)NC(CCC(=O)NCCCCCCOC1CC(CO)C(O)C(O)C1C)(CCC(=O)NCCCCCCOC1CC(CO)C(O)C(O)C1C)CCC(=O)NCCCCCCOC1OC(CO)C(O)C(O)C1C.COP(=O)(O)OCCCCCCN. The van der Waals surface area contributed by atoms with E-state index in [0.29, 0.717) is 104 Å². The normalized spacial score (nSPS) is 26.2. The first kappa shape index (κ1) is 96.9. The molecule has 0 aromatic rings. The van der Waals surface area contributed by atoms with E-state index in [9.17, 15) is 74.5 Å². The van der Waals surface area contributed by atoms with Gasteiger partial charge in [0.1, 0.15) is 12.2 Å². The van der Waals surface area contributed by atoms with E-state index in [-0.39, 0.29) is 139 Å². The van der Waals surface area contributed by atoms with Gasteiger partial charge in [0.15, 0.2) is 6.29 Å². The van der Waals surface area contributed by atoms with Gasteiger partial charge in [-0.05, 0) is 103 Å². The summed E-state index contributed by atoms with van der Waals surface area (Å²) >= 11 is 0. The van der Waals surface area contributed by atoms with E-state index in [4.69, 9.17) is 34.3 Å². The molecule has 29 nitrogen and oxygen atoms in total. The van der Waals surface area contributed by atoms with Crippen LogP contribution in [0.4, 0.5) is 0 Å². The number of rotatable bonds is 53. The number of carbonyl (C=O) groups is 5. The molecule has 0 aromatic carbocycles. The van der Waals surface area contributed by atoms with Crippen molar-refractivity contribution in [2.24, 2.45) is 35.3 Å². The van der Waals surface area contributed by atoms with Gasteiger partial charge < -0.3 is 107 Å². The number of phosphoric acid groups is 1. The number of aliphatic hydroxyl groups is 9. The van der Waals surface area contributed by atoms with Crippen LogP contribution in [0.25, 0.3) is 0 Å². The highest BCUT2D eigenvalue weighted by molar-refractivity contribution is 7.47. The fourth-order valence-electron chi connectivity index (χ4n) is 12.3. The van der Waals surface area contributed by atoms with Crippen molar-refractivity contribution in [3.05, 3.63) is 0 Å². The maximum Gasteiger partial charge on any atom is 0.471 e. The highest BCUT2D eigenvalue weighted by Crippen LogP contribution is 2.42. The van der Waals surface area contributed by atoms with Gasteiger partial charge in [-0.25, -0.2) is 4.57 Å². The average molecular weight is 1460 g/mol. The molecule has 16 atom stereocenters. The second-order valence-corrected chi connectivity index (χ2v) is 28.2. The maximum atomic E-state index is 13.8. The quantitative estimate of drug-likeness (QED) is 0.0301. The molecule has 592 valence electrons. The number of amides is 5. The number of hydrogen-bond acceptors (Lipinski definition) is 23. The van der Waals surface area contributed by atoms with Gasteiger partial charge in [-0.1, -0.05) is 93.4 Å². The van der Waals surface area contributed by atoms with Gasteiger partial charge in [0, 0.05) is 147 Å². The lowest BCUT2D eigenvalue weighted by molar-refractivity contribution is -0.282. The first-order chi connectivity index (χ1) is 47.4. The molecular formula is C70H139N6O23P. The Labute approximate surface area is 597 Å². The summed E-state index contributed by atoms with van der Waals surface area (Å²) in [5.41, 5.74) is 4.16. The largest absolute Gasteiger partial charge is 0.471 e. The highest BCUT2D eigenvalue weighted by atomic mass is 31.2. The molecule has 0 bridgehead atoms. The number of phosphoric ester groups is 1. The molecule has 30 heteroatoms. The number of carbonyl (C=O) groups excluding carboxylic acids is 5. The monoisotopic (exact) mass is 1460 g/mol. The van der Waals surface area contributed by atoms with Gasteiger partial charge in [-0.15, -0.1) is 0 Å². The van der Waals surface area contributed by atoms with Crippen LogP contribution in [-0.4, -0.2) is 247 Å². The van der Waals surface area contributed by atoms with E-state index in [1.807, 2.05) is 27.7 Å². The molecule has 1 heterocycles. The van der Waals surface area contributed by atoms with Crippen LogP contribution in [0.15, 0.2) is 0 Å². The molecule has 3 aliphatic rings. The second-order valence-electron chi connectivity index (χ2n) is 26.7. The molecule has 0 aromatic heterocycles. The summed E-state index contributed by atoms with van der Waals surface area (Å²) in [4.78, 5) is 75.7. The molecule has 1 aliphatic heterocycles. The first-order valence-electron chi connectivity index (χ1n) is 36.9. The van der Waals surface area contributed by atoms with Crippen molar-refractivity contribution < 1.29 is 112 Å². The van der Waals surface area contributed by atoms with E-state index in [0.717, 1.165) is 84.2 Å². The fraction of sp³-hybridized carbons (Fsp3) is 0.929. The zero-order chi connectivity index (χ0) is 74.0. The van der Waals surface area contributed by atoms with Crippen molar-refractivity contribution in [3.63, 3.8) is 0 Å². The molecule has 2 aliphatic carbocycles. The summed E-state index contributed by atoms with van der Waals surface area (Å²) in [5, 5.41) is 105. The highest BCUT2D eigenvalue weighted by Gasteiger charge is 2.44. The maximum absolute atomic E-state index is 13.8. The van der Waals surface area contributed by atoms with Gasteiger partial charge in [0.25, 0.3) is 0 Å². The molecule has 17 N–H and O–H groups in total. The Morgan fingerprint density at radius 2 is 0.850 bits per heavy atom. The van der Waals surface area contributed by atoms with E-state index in [2.05, 4.69) is 35.6 Å². The minimum absolute atomic E-state index is 0. The zero-order valence-electron chi connectivity index (χ0n) is 61.0. The molecule has 16 unspecified atom stereocenters. The lowest BCUT2D eigenvalue weighted by atomic mass is 9.77. The summed E-state index contributed by atoms with van der Waals surface area (Å²) in [6, 6.07) is 0. The predicted molar refractivity (Wildman–Crippen MR) is 380 cm³/mol. The van der Waals surface area contributed by atoms with Crippen LogP contribution in [0.5, 0.6) is 0 Å². The van der Waals surface area contributed by atoms with Crippen molar-refractivity contribution in [2.45, 2.75) is 289 Å². The van der Waals surface area contributed by atoms with Crippen molar-refractivity contribution in [3.8, 4) is 0 Å². The van der Waals surface area contributed by atoms with Gasteiger partial charge in [-0.2, -0.15) is 0 Å². The summed E-state index contributed by atoms with van der Waals surface area (Å²) in [6.07, 6.45) is 6.75. The van der Waals surface area contributed by atoms with Gasteiger partial charge in [-0.3, -0.25) is 33.0 Å². The molecular weight excluding hydrogens is 1320 g/mol. The Morgan fingerprint density at radius 1 is 0.470 bits per heavy atom. The summed E-state index contributed by atoms with van der Waals surface area (Å²) in [5.74, 6) is -3.23. The molecule has 0 spiro atoms. The molecule has 3 rings (SSSR count). The van der Waals surface area contributed by atoms with Crippen LogP contribution >= 0.6 is 7.82 Å². The Hall–Kier alpha value is -3.14. The number of hydrogen-bond donors (Lipinski definition) is 16. The number of nitrogens with two attached hydrogens (primary N) is 1. The third-order valence-electron chi connectivity index (χ3n) is 18.9. The van der Waals surface area contributed by atoms with Crippen molar-refractivity contribution in [1.82, 2.24) is 26.6 Å². The van der Waals surface area contributed by atoms with E-state index in [1.165, 1.54) is 0 Å². The minimum Gasteiger partial charge on any atom is -0.396 e. The molecule has 1 saturated heterocycles.